The summed E-state index contributed by atoms with van der Waals surface area (Å²) in [5, 5.41) is 1.92. The van der Waals surface area contributed by atoms with Gasteiger partial charge < -0.3 is 15.2 Å². The summed E-state index contributed by atoms with van der Waals surface area (Å²) in [5.41, 5.74) is 6.44. The summed E-state index contributed by atoms with van der Waals surface area (Å²) in [6.45, 7) is 0. The Labute approximate surface area is 130 Å². The number of nitrogen functional groups attached to an aromatic ring is 1. The Morgan fingerprint density at radius 3 is 2.67 bits per heavy atom. The van der Waals surface area contributed by atoms with E-state index in [4.69, 9.17) is 15.2 Å². The number of nitrogens with zero attached hydrogens (tertiary/aromatic N) is 1. The van der Waals surface area contributed by atoms with Gasteiger partial charge in [-0.15, -0.1) is 0 Å². The molecule has 0 amide bonds. The van der Waals surface area contributed by atoms with Gasteiger partial charge in [0.1, 0.15) is 11.5 Å². The molecule has 3 rings (SSSR count). The number of anilines is 1. The molecule has 0 saturated carbocycles. The number of benzene rings is 2. The fourth-order valence-corrected chi connectivity index (χ4v) is 2.58. The third-order valence-corrected chi connectivity index (χ3v) is 3.50. The molecule has 2 N–H and O–H groups in total. The molecule has 4 nitrogen and oxygen atoms in total. The number of hydrogen-bond acceptors (Lipinski definition) is 4. The first-order valence-electron chi connectivity index (χ1n) is 6.32. The number of ether oxygens (including phenoxy) is 2. The molecule has 1 aromatic heterocycles. The highest BCUT2D eigenvalue weighted by atomic mass is 79.9. The van der Waals surface area contributed by atoms with Gasteiger partial charge in [0.05, 0.1) is 7.11 Å². The Balaban J connectivity index is 2.04. The van der Waals surface area contributed by atoms with Gasteiger partial charge in [-0.05, 0) is 41.8 Å². The second-order valence-electron chi connectivity index (χ2n) is 4.53. The molecule has 0 atom stereocenters. The zero-order chi connectivity index (χ0) is 14.8. The van der Waals surface area contributed by atoms with Crippen LogP contribution >= 0.6 is 15.9 Å². The predicted molar refractivity (Wildman–Crippen MR) is 86.9 cm³/mol. The van der Waals surface area contributed by atoms with Crippen LogP contribution in [-0.4, -0.2) is 12.1 Å². The van der Waals surface area contributed by atoms with E-state index in [2.05, 4.69) is 20.9 Å². The van der Waals surface area contributed by atoms with Crippen molar-refractivity contribution in [3.05, 3.63) is 53.1 Å². The van der Waals surface area contributed by atoms with Crippen molar-refractivity contribution >= 4 is 32.4 Å². The molecule has 0 aliphatic heterocycles. The molecule has 106 valence electrons. The monoisotopic (exact) mass is 344 g/mol. The number of methoxy groups -OCH3 is 1. The lowest BCUT2D eigenvalue weighted by Crippen LogP contribution is -1.92. The predicted octanol–water partition coefficient (Wildman–Crippen LogP) is 4.38. The van der Waals surface area contributed by atoms with Crippen LogP contribution in [0.25, 0.3) is 10.8 Å². The van der Waals surface area contributed by atoms with Crippen molar-refractivity contribution in [1.29, 1.82) is 0 Å². The minimum atomic E-state index is 0.535. The molecule has 0 radical (unpaired) electrons. The van der Waals surface area contributed by atoms with E-state index in [1.54, 1.807) is 19.4 Å². The molecule has 0 unspecified atom stereocenters. The highest BCUT2D eigenvalue weighted by Gasteiger charge is 2.07. The van der Waals surface area contributed by atoms with Gasteiger partial charge in [0.25, 0.3) is 0 Å². The van der Waals surface area contributed by atoms with E-state index in [0.29, 0.717) is 17.3 Å². The number of aromatic nitrogens is 1. The van der Waals surface area contributed by atoms with Gasteiger partial charge in [-0.1, -0.05) is 15.9 Å². The number of nitrogens with two attached hydrogens (primary N) is 1. The van der Waals surface area contributed by atoms with Crippen LogP contribution in [0.5, 0.6) is 17.4 Å². The zero-order valence-electron chi connectivity index (χ0n) is 11.3. The third kappa shape index (κ3) is 2.92. The molecule has 0 spiro atoms. The lowest BCUT2D eigenvalue weighted by atomic mass is 10.1. The highest BCUT2D eigenvalue weighted by Crippen LogP contribution is 2.32. The van der Waals surface area contributed by atoms with Crippen LogP contribution in [-0.2, 0) is 0 Å². The second kappa shape index (κ2) is 5.61. The smallest absolute Gasteiger partial charge is 0.227 e. The van der Waals surface area contributed by atoms with Crippen molar-refractivity contribution in [1.82, 2.24) is 4.98 Å². The van der Waals surface area contributed by atoms with Crippen LogP contribution in [0.15, 0.2) is 53.1 Å². The fraction of sp³-hybridized carbons (Fsp3) is 0.0625. The van der Waals surface area contributed by atoms with E-state index in [1.807, 2.05) is 36.4 Å². The van der Waals surface area contributed by atoms with E-state index in [9.17, 15) is 0 Å². The largest absolute Gasteiger partial charge is 0.497 e. The van der Waals surface area contributed by atoms with Gasteiger partial charge in [-0.3, -0.25) is 0 Å². The molecule has 1 heterocycles. The number of pyridine rings is 1. The third-order valence-electron chi connectivity index (χ3n) is 3.04. The van der Waals surface area contributed by atoms with Crippen molar-refractivity contribution in [3.63, 3.8) is 0 Å². The minimum Gasteiger partial charge on any atom is -0.497 e. The molecule has 0 aliphatic carbocycles. The maximum atomic E-state index is 5.86. The van der Waals surface area contributed by atoms with Crippen molar-refractivity contribution in [2.75, 3.05) is 12.8 Å². The van der Waals surface area contributed by atoms with Crippen molar-refractivity contribution in [2.45, 2.75) is 0 Å². The number of rotatable bonds is 3. The standard InChI is InChI=1S/C16H13BrN2O2/c1-20-13-2-3-15-10(6-13)4-5-19-16(15)21-14-8-11(17)7-12(18)9-14/h2-9H,18H2,1H3. The van der Waals surface area contributed by atoms with Gasteiger partial charge in [-0.2, -0.15) is 0 Å². The highest BCUT2D eigenvalue weighted by molar-refractivity contribution is 9.10. The van der Waals surface area contributed by atoms with E-state index in [0.717, 1.165) is 21.0 Å². The normalized spacial score (nSPS) is 10.6. The average Bonchev–Trinajstić information content (AvgIpc) is 2.46. The summed E-state index contributed by atoms with van der Waals surface area (Å²) in [4.78, 5) is 4.30. The fourth-order valence-electron chi connectivity index (χ4n) is 2.09. The van der Waals surface area contributed by atoms with E-state index >= 15 is 0 Å². The quantitative estimate of drug-likeness (QED) is 0.716. The first kappa shape index (κ1) is 13.7. The molecule has 0 bridgehead atoms. The first-order valence-corrected chi connectivity index (χ1v) is 7.12. The van der Waals surface area contributed by atoms with Crippen LogP contribution < -0.4 is 15.2 Å². The summed E-state index contributed by atoms with van der Waals surface area (Å²) in [7, 11) is 1.64. The summed E-state index contributed by atoms with van der Waals surface area (Å²) < 4.78 is 12.0. The number of fused-ring (bicyclic) bond motifs is 1. The Morgan fingerprint density at radius 1 is 1.05 bits per heavy atom. The summed E-state index contributed by atoms with van der Waals surface area (Å²) in [6, 6.07) is 13.1. The van der Waals surface area contributed by atoms with Crippen molar-refractivity contribution in [2.24, 2.45) is 0 Å². The Morgan fingerprint density at radius 2 is 1.90 bits per heavy atom. The van der Waals surface area contributed by atoms with Crippen LogP contribution in [0.4, 0.5) is 5.69 Å². The van der Waals surface area contributed by atoms with Crippen LogP contribution in [0, 0.1) is 0 Å². The van der Waals surface area contributed by atoms with E-state index in [1.165, 1.54) is 0 Å². The molecule has 0 fully saturated rings. The van der Waals surface area contributed by atoms with Gasteiger partial charge >= 0.3 is 0 Å². The van der Waals surface area contributed by atoms with E-state index in [-0.39, 0.29) is 0 Å². The Hall–Kier alpha value is -2.27. The van der Waals surface area contributed by atoms with E-state index < -0.39 is 0 Å². The SMILES string of the molecule is COc1ccc2c(Oc3cc(N)cc(Br)c3)nccc2c1. The maximum absolute atomic E-state index is 5.86. The lowest BCUT2D eigenvalue weighted by molar-refractivity contribution is 0.415. The molecule has 0 saturated heterocycles. The Bertz CT molecular complexity index is 785. The molecular weight excluding hydrogens is 332 g/mol. The molecule has 3 aromatic rings. The van der Waals surface area contributed by atoms with Crippen LogP contribution in [0.2, 0.25) is 0 Å². The zero-order valence-corrected chi connectivity index (χ0v) is 12.9. The summed E-state index contributed by atoms with van der Waals surface area (Å²) >= 11 is 3.40. The molecule has 2 aromatic carbocycles. The Kier molecular flexibility index (Phi) is 3.66. The maximum Gasteiger partial charge on any atom is 0.227 e. The summed E-state index contributed by atoms with van der Waals surface area (Å²) in [6.07, 6.45) is 1.71. The van der Waals surface area contributed by atoms with Crippen molar-refractivity contribution < 1.29 is 9.47 Å². The van der Waals surface area contributed by atoms with Gasteiger partial charge in [-0.25, -0.2) is 4.98 Å². The number of halogens is 1. The summed E-state index contributed by atoms with van der Waals surface area (Å²) in [5.74, 6) is 1.97. The lowest BCUT2D eigenvalue weighted by Gasteiger charge is -2.09. The van der Waals surface area contributed by atoms with Gasteiger partial charge in [0.15, 0.2) is 0 Å². The van der Waals surface area contributed by atoms with Gasteiger partial charge in [0.2, 0.25) is 5.88 Å². The minimum absolute atomic E-state index is 0.535. The van der Waals surface area contributed by atoms with Crippen LogP contribution in [0.3, 0.4) is 0 Å². The topological polar surface area (TPSA) is 57.4 Å². The average molecular weight is 345 g/mol. The molecule has 0 aliphatic rings. The molecular formula is C16H13BrN2O2. The van der Waals surface area contributed by atoms with Gasteiger partial charge in [0, 0.05) is 27.8 Å². The second-order valence-corrected chi connectivity index (χ2v) is 5.44. The molecule has 5 heteroatoms. The van der Waals surface area contributed by atoms with Crippen LogP contribution in [0.1, 0.15) is 0 Å². The van der Waals surface area contributed by atoms with Crippen molar-refractivity contribution in [3.8, 4) is 17.4 Å². The first-order chi connectivity index (χ1) is 10.2. The molecule has 21 heavy (non-hydrogen) atoms. The number of hydrogen-bond donors (Lipinski definition) is 1.